The fourth-order valence-electron chi connectivity index (χ4n) is 2.32. The van der Waals surface area contributed by atoms with Gasteiger partial charge in [-0.25, -0.2) is 0 Å². The molecule has 1 aliphatic rings. The summed E-state index contributed by atoms with van der Waals surface area (Å²) < 4.78 is 0. The first-order chi connectivity index (χ1) is 7.06. The predicted molar refractivity (Wildman–Crippen MR) is 61.5 cm³/mol. The smallest absolute Gasteiger partial charge is 0.238 e. The number of nitrogens with one attached hydrogen (secondary N) is 1. The molecule has 0 spiro atoms. The molecule has 4 nitrogen and oxygen atoms in total. The maximum atomic E-state index is 11.7. The maximum Gasteiger partial charge on any atom is 0.238 e. The number of rotatable bonds is 4. The first-order valence-electron chi connectivity index (χ1n) is 5.73. The highest BCUT2D eigenvalue weighted by atomic mass is 16.2. The monoisotopic (exact) mass is 213 g/mol. The van der Waals surface area contributed by atoms with E-state index in [0.29, 0.717) is 12.0 Å². The van der Waals surface area contributed by atoms with Crippen LogP contribution in [-0.4, -0.2) is 43.5 Å². The number of carbonyl (C=O) groups excluding carboxylic acids is 1. The van der Waals surface area contributed by atoms with Crippen LogP contribution in [0.15, 0.2) is 0 Å². The second-order valence-corrected chi connectivity index (χ2v) is 4.65. The van der Waals surface area contributed by atoms with E-state index in [1.807, 2.05) is 6.92 Å². The second kappa shape index (κ2) is 5.47. The Morgan fingerprint density at radius 1 is 1.53 bits per heavy atom. The van der Waals surface area contributed by atoms with Crippen LogP contribution in [0.5, 0.6) is 0 Å². The van der Waals surface area contributed by atoms with Crippen molar-refractivity contribution in [1.82, 2.24) is 10.2 Å². The minimum atomic E-state index is -0.0999. The van der Waals surface area contributed by atoms with Gasteiger partial charge in [0.25, 0.3) is 0 Å². The van der Waals surface area contributed by atoms with Gasteiger partial charge in [-0.3, -0.25) is 4.79 Å². The molecule has 0 bridgehead atoms. The van der Waals surface area contributed by atoms with Gasteiger partial charge in [0, 0.05) is 20.1 Å². The fourth-order valence-corrected chi connectivity index (χ4v) is 2.32. The van der Waals surface area contributed by atoms with Gasteiger partial charge in [0.15, 0.2) is 0 Å². The third-order valence-electron chi connectivity index (χ3n) is 3.24. The third-order valence-corrected chi connectivity index (χ3v) is 3.24. The molecule has 0 saturated heterocycles. The van der Waals surface area contributed by atoms with Crippen LogP contribution >= 0.6 is 0 Å². The molecule has 1 saturated carbocycles. The van der Waals surface area contributed by atoms with Crippen LogP contribution < -0.4 is 11.1 Å². The lowest BCUT2D eigenvalue weighted by molar-refractivity contribution is -0.130. The van der Waals surface area contributed by atoms with E-state index in [2.05, 4.69) is 5.32 Å². The molecule has 1 fully saturated rings. The van der Waals surface area contributed by atoms with Crippen LogP contribution in [0.3, 0.4) is 0 Å². The van der Waals surface area contributed by atoms with Gasteiger partial charge < -0.3 is 16.0 Å². The van der Waals surface area contributed by atoms with Gasteiger partial charge in [-0.1, -0.05) is 6.42 Å². The fraction of sp³-hybridized carbons (Fsp3) is 0.909. The van der Waals surface area contributed by atoms with Crippen molar-refractivity contribution in [3.05, 3.63) is 0 Å². The molecule has 1 aliphatic carbocycles. The molecule has 3 unspecified atom stereocenters. The highest BCUT2D eigenvalue weighted by molar-refractivity contribution is 5.80. The van der Waals surface area contributed by atoms with E-state index in [9.17, 15) is 4.79 Å². The average molecular weight is 213 g/mol. The van der Waals surface area contributed by atoms with E-state index in [0.717, 1.165) is 13.0 Å². The zero-order valence-electron chi connectivity index (χ0n) is 9.99. The molecule has 0 aliphatic heterocycles. The van der Waals surface area contributed by atoms with Gasteiger partial charge in [-0.15, -0.1) is 0 Å². The minimum absolute atomic E-state index is 0.0999. The molecule has 3 N–H and O–H groups in total. The summed E-state index contributed by atoms with van der Waals surface area (Å²) in [6.45, 7) is 2.65. The lowest BCUT2D eigenvalue weighted by Gasteiger charge is -2.25. The lowest BCUT2D eigenvalue weighted by Crippen LogP contribution is -2.48. The molecule has 0 aromatic heterocycles. The summed E-state index contributed by atoms with van der Waals surface area (Å²) in [5.41, 5.74) is 5.70. The lowest BCUT2D eigenvalue weighted by atomic mass is 10.0. The highest BCUT2D eigenvalue weighted by Crippen LogP contribution is 2.24. The Morgan fingerprint density at radius 2 is 2.20 bits per heavy atom. The number of hydrogen-bond donors (Lipinski definition) is 2. The molecule has 15 heavy (non-hydrogen) atoms. The molecule has 88 valence electrons. The average Bonchev–Trinajstić information content (AvgIpc) is 2.63. The highest BCUT2D eigenvalue weighted by Gasteiger charge is 2.28. The van der Waals surface area contributed by atoms with Crippen molar-refractivity contribution in [3.8, 4) is 0 Å². The van der Waals surface area contributed by atoms with Crippen LogP contribution in [-0.2, 0) is 4.79 Å². The molecule has 3 atom stereocenters. The standard InChI is InChI=1S/C11H23N3O/c1-8(11(15)14(2)3)13-10-6-4-5-9(10)7-12/h8-10,13H,4-7,12H2,1-3H3. The van der Waals surface area contributed by atoms with Crippen LogP contribution in [0.1, 0.15) is 26.2 Å². The van der Waals surface area contributed by atoms with Crippen molar-refractivity contribution >= 4 is 5.91 Å². The quantitative estimate of drug-likeness (QED) is 0.700. The molecule has 1 amide bonds. The Kier molecular flexibility index (Phi) is 4.54. The summed E-state index contributed by atoms with van der Waals surface area (Å²) in [7, 11) is 3.57. The normalized spacial score (nSPS) is 27.7. The summed E-state index contributed by atoms with van der Waals surface area (Å²) in [4.78, 5) is 13.3. The van der Waals surface area contributed by atoms with Crippen molar-refractivity contribution in [1.29, 1.82) is 0 Å². The number of nitrogens with two attached hydrogens (primary N) is 1. The Bertz CT molecular complexity index is 218. The van der Waals surface area contributed by atoms with E-state index < -0.39 is 0 Å². The molecule has 1 rings (SSSR count). The van der Waals surface area contributed by atoms with Gasteiger partial charge in [-0.05, 0) is 32.2 Å². The molecule has 0 heterocycles. The largest absolute Gasteiger partial charge is 0.347 e. The van der Waals surface area contributed by atoms with Crippen LogP contribution in [0.4, 0.5) is 0 Å². The van der Waals surface area contributed by atoms with Gasteiger partial charge in [0.1, 0.15) is 0 Å². The predicted octanol–water partition coefficient (Wildman–Crippen LogP) is 0.180. The second-order valence-electron chi connectivity index (χ2n) is 4.65. The summed E-state index contributed by atoms with van der Waals surface area (Å²) >= 11 is 0. The van der Waals surface area contributed by atoms with Gasteiger partial charge in [0.05, 0.1) is 6.04 Å². The Balaban J connectivity index is 2.43. The summed E-state index contributed by atoms with van der Waals surface area (Å²) in [5, 5.41) is 3.39. The van der Waals surface area contributed by atoms with Crippen molar-refractivity contribution in [2.45, 2.75) is 38.3 Å². The van der Waals surface area contributed by atoms with E-state index in [1.165, 1.54) is 12.8 Å². The summed E-state index contributed by atoms with van der Waals surface area (Å²) in [6, 6.07) is 0.325. The first-order valence-corrected chi connectivity index (χ1v) is 5.73. The Hall–Kier alpha value is -0.610. The number of nitrogens with zero attached hydrogens (tertiary/aromatic N) is 1. The van der Waals surface area contributed by atoms with Crippen LogP contribution in [0, 0.1) is 5.92 Å². The first kappa shape index (κ1) is 12.5. The molecule has 0 aromatic carbocycles. The van der Waals surface area contributed by atoms with Crippen molar-refractivity contribution in [2.75, 3.05) is 20.6 Å². The van der Waals surface area contributed by atoms with E-state index in [-0.39, 0.29) is 11.9 Å². The zero-order chi connectivity index (χ0) is 11.4. The van der Waals surface area contributed by atoms with E-state index in [1.54, 1.807) is 19.0 Å². The summed E-state index contributed by atoms with van der Waals surface area (Å²) in [5.74, 6) is 0.681. The SMILES string of the molecule is CC(NC1CCCC1CN)C(=O)N(C)C. The van der Waals surface area contributed by atoms with E-state index in [4.69, 9.17) is 5.73 Å². The number of amides is 1. The van der Waals surface area contributed by atoms with Crippen molar-refractivity contribution in [3.63, 3.8) is 0 Å². The molecular formula is C11H23N3O. The minimum Gasteiger partial charge on any atom is -0.347 e. The Labute approximate surface area is 92.2 Å². The van der Waals surface area contributed by atoms with Gasteiger partial charge in [0.2, 0.25) is 5.91 Å². The molecular weight excluding hydrogens is 190 g/mol. The number of hydrogen-bond acceptors (Lipinski definition) is 3. The topological polar surface area (TPSA) is 58.4 Å². The van der Waals surface area contributed by atoms with Crippen LogP contribution in [0.25, 0.3) is 0 Å². The van der Waals surface area contributed by atoms with Gasteiger partial charge >= 0.3 is 0 Å². The van der Waals surface area contributed by atoms with E-state index >= 15 is 0 Å². The molecule has 0 radical (unpaired) electrons. The zero-order valence-corrected chi connectivity index (χ0v) is 9.99. The summed E-state index contributed by atoms with van der Waals surface area (Å²) in [6.07, 6.45) is 3.56. The number of carbonyl (C=O) groups is 1. The van der Waals surface area contributed by atoms with Crippen LogP contribution in [0.2, 0.25) is 0 Å². The van der Waals surface area contributed by atoms with Crippen molar-refractivity contribution in [2.24, 2.45) is 11.7 Å². The van der Waals surface area contributed by atoms with Crippen molar-refractivity contribution < 1.29 is 4.79 Å². The molecule has 4 heteroatoms. The Morgan fingerprint density at radius 3 is 2.73 bits per heavy atom. The number of likely N-dealkylation sites (N-methyl/N-ethyl adjacent to an activating group) is 1. The molecule has 0 aromatic rings. The maximum absolute atomic E-state index is 11.7. The van der Waals surface area contributed by atoms with Gasteiger partial charge in [-0.2, -0.15) is 0 Å². The third kappa shape index (κ3) is 3.18.